The van der Waals surface area contributed by atoms with Gasteiger partial charge in [-0.05, 0) is 219 Å². The van der Waals surface area contributed by atoms with Gasteiger partial charge < -0.3 is 64.4 Å². The van der Waals surface area contributed by atoms with Crippen molar-refractivity contribution in [3.05, 3.63) is 246 Å². The van der Waals surface area contributed by atoms with Gasteiger partial charge in [0.1, 0.15) is 5.75 Å². The van der Waals surface area contributed by atoms with Crippen LogP contribution in [0.2, 0.25) is 0 Å². The molecule has 0 spiro atoms. The molecule has 8 aliphatic carbocycles. The Bertz CT molecular complexity index is 4660. The summed E-state index contributed by atoms with van der Waals surface area (Å²) in [5.74, 6) is 1.05. The first-order chi connectivity index (χ1) is 65.9. The molecule has 2 atom stereocenters. The molecule has 3 heterocycles. The third kappa shape index (κ3) is 45.5. The predicted molar refractivity (Wildman–Crippen MR) is 582 cm³/mol. The molecule has 24 nitrogen and oxygen atoms in total. The Balaban J connectivity index is 0.000000817. The molecule has 8 aliphatic rings. The summed E-state index contributed by atoms with van der Waals surface area (Å²) in [5.41, 5.74) is 5.57. The Hall–Kier alpha value is -11.3. The third-order valence-corrected chi connectivity index (χ3v) is 24.3. The van der Waals surface area contributed by atoms with Crippen molar-refractivity contribution in [2.75, 3.05) is 71.4 Å². The number of nitrogens with zero attached hydrogens (tertiary/aromatic N) is 11. The number of carbonyl (C=O) groups excluding carboxylic acids is 8. The number of aromatic amines is 1. The number of halogens is 3. The van der Waals surface area contributed by atoms with Crippen molar-refractivity contribution in [3.63, 3.8) is 0 Å². The molecule has 16 rings (SSSR count). The quantitative estimate of drug-likeness (QED) is 0.0277. The van der Waals surface area contributed by atoms with Crippen LogP contribution >= 0.6 is 0 Å². The number of benzene rings is 5. The van der Waals surface area contributed by atoms with Crippen LogP contribution in [0.15, 0.2) is 201 Å². The Morgan fingerprint density at radius 1 is 0.382 bits per heavy atom. The number of urea groups is 1. The highest BCUT2D eigenvalue weighted by Crippen LogP contribution is 2.37. The summed E-state index contributed by atoms with van der Waals surface area (Å²) < 4.78 is 44.0. The van der Waals surface area contributed by atoms with E-state index in [0.29, 0.717) is 80.1 Å². The first-order valence-corrected chi connectivity index (χ1v) is 50.1. The molecule has 802 valence electrons. The molecule has 144 heavy (non-hydrogen) atoms. The molecule has 8 saturated carbocycles. The van der Waals surface area contributed by atoms with Crippen molar-refractivity contribution in [2.24, 2.45) is 0 Å². The maximum Gasteiger partial charge on any atom is 0.416 e. The van der Waals surface area contributed by atoms with Crippen molar-refractivity contribution >= 4 is 53.1 Å². The standard InChI is InChI=1S/C15H18F3NO.2C15H21NO2.C14H19NO2.3C13H18N2O.C11H17N3O.8CH4/c1-2-9-19(12-7-8-12)14(20)10-11-5-3-4-6-13(11)15(16,17)18;1-3-10-16(13-8-9-13)15(17)11-12-6-4-5-7-14(12)18-2;1-2-10-16(13-8-9-13)15(18)14(11-17)12-6-4-3-5-7-12;1-2-10-15(12-8-9-12)14(17)13(16)11-6-4-3-5-7-11;1-2-8-15(12-5-6-12)13(16)9-11-4-3-7-14-10-11;1-2-9-15(12-6-7-12)13(16)10-11-5-3-4-8-14-11;1-2-10-15(12-8-9-12)13(16)14-11-6-4-3-5-7-11;1-2-5-14(10-3-4-10)11(15)6-9-7-12-8-13-9;;;;;;;;/h3-6,12H,2,7-10H2,1H3;4-7,13H,3,8-11H2,1-2H3;3-7,13-14,17H,2,8-11H2,1H3;3-7,12-13,16H,2,8-10H2,1H3;3-4,7,10,12H,2,5-6,8-9H2,1H3;3-5,8,12H,2,6-7,9-10H2,1H3;3-7,12H,2,8-10H2,1H3,(H,14,16);7-8,10H,2-6H2,1H3,(H,12,13);8*1H4. The molecule has 5 aromatic carbocycles. The van der Waals surface area contributed by atoms with Crippen LogP contribution in [0.1, 0.15) is 326 Å². The molecule has 8 aromatic rings. The lowest BCUT2D eigenvalue weighted by atomic mass is 9.98. The van der Waals surface area contributed by atoms with E-state index in [4.69, 9.17) is 4.74 Å². The summed E-state index contributed by atoms with van der Waals surface area (Å²) in [6.07, 6.45) is 30.7. The number of anilines is 1. The fourth-order valence-electron chi connectivity index (χ4n) is 16.3. The summed E-state index contributed by atoms with van der Waals surface area (Å²) in [4.78, 5) is 128. The molecule has 0 bridgehead atoms. The van der Waals surface area contributed by atoms with E-state index in [0.717, 1.165) is 207 Å². The number of carbonyl (C=O) groups is 8. The minimum atomic E-state index is -4.41. The largest absolute Gasteiger partial charge is 0.496 e. The van der Waals surface area contributed by atoms with Crippen LogP contribution < -0.4 is 10.1 Å². The average Bonchev–Trinajstić information content (AvgIpc) is 1.41. The molecule has 0 saturated heterocycles. The van der Waals surface area contributed by atoms with Crippen LogP contribution in [0.3, 0.4) is 0 Å². The maximum atomic E-state index is 12.9. The number of para-hydroxylation sites is 2. The highest BCUT2D eigenvalue weighted by atomic mass is 19.4. The Morgan fingerprint density at radius 3 is 1.12 bits per heavy atom. The highest BCUT2D eigenvalue weighted by Gasteiger charge is 2.41. The van der Waals surface area contributed by atoms with E-state index in [2.05, 4.69) is 73.7 Å². The van der Waals surface area contributed by atoms with E-state index in [1.165, 1.54) is 50.7 Å². The monoisotopic (exact) mass is 2000 g/mol. The van der Waals surface area contributed by atoms with Gasteiger partial charge in [-0.3, -0.25) is 43.5 Å². The number of H-pyrrole nitrogens is 1. The minimum Gasteiger partial charge on any atom is -0.496 e. The lowest BCUT2D eigenvalue weighted by Gasteiger charge is -2.26. The molecule has 0 aliphatic heterocycles. The number of aliphatic hydroxyl groups excluding tert-OH is 2. The van der Waals surface area contributed by atoms with E-state index in [1.807, 2.05) is 175 Å². The molecule has 27 heteroatoms. The van der Waals surface area contributed by atoms with Gasteiger partial charge in [-0.25, -0.2) is 9.78 Å². The fourth-order valence-corrected chi connectivity index (χ4v) is 16.3. The Morgan fingerprint density at radius 2 is 0.736 bits per heavy atom. The number of hydrogen-bond acceptors (Lipinski definition) is 14. The van der Waals surface area contributed by atoms with Gasteiger partial charge >= 0.3 is 12.2 Å². The first-order valence-electron chi connectivity index (χ1n) is 50.1. The Labute approximate surface area is 864 Å². The number of nitrogens with one attached hydrogen (secondary N) is 2. The second-order valence-electron chi connectivity index (χ2n) is 36.4. The Kier molecular flexibility index (Phi) is 63.2. The van der Waals surface area contributed by atoms with Gasteiger partial charge in [-0.15, -0.1) is 0 Å². The second kappa shape index (κ2) is 69.7. The van der Waals surface area contributed by atoms with E-state index < -0.39 is 23.8 Å². The van der Waals surface area contributed by atoms with Gasteiger partial charge in [0.25, 0.3) is 5.91 Å². The molecule has 4 N–H and O–H groups in total. The van der Waals surface area contributed by atoms with Crippen LogP contribution in [-0.2, 0) is 71.8 Å². The third-order valence-electron chi connectivity index (χ3n) is 24.3. The number of ether oxygens (including phenoxy) is 1. The van der Waals surface area contributed by atoms with Gasteiger partial charge in [0, 0.05) is 148 Å². The summed E-state index contributed by atoms with van der Waals surface area (Å²) in [5, 5.41) is 22.5. The van der Waals surface area contributed by atoms with Crippen LogP contribution in [0.25, 0.3) is 0 Å². The van der Waals surface area contributed by atoms with Gasteiger partial charge in [0.15, 0.2) is 6.10 Å². The maximum absolute atomic E-state index is 12.9. The molecule has 8 fully saturated rings. The van der Waals surface area contributed by atoms with Crippen molar-refractivity contribution in [2.45, 2.75) is 368 Å². The second-order valence-corrected chi connectivity index (χ2v) is 36.4. The number of aliphatic hydroxyl groups is 2. The van der Waals surface area contributed by atoms with Gasteiger partial charge in [-0.1, -0.05) is 242 Å². The van der Waals surface area contributed by atoms with E-state index in [-0.39, 0.29) is 131 Å². The van der Waals surface area contributed by atoms with E-state index in [1.54, 1.807) is 61.3 Å². The predicted octanol–water partition coefficient (Wildman–Crippen LogP) is 24.2. The smallest absolute Gasteiger partial charge is 0.416 e. The molecular formula is C117H182F3N13O11. The lowest BCUT2D eigenvalue weighted by Crippen LogP contribution is -2.38. The summed E-state index contributed by atoms with van der Waals surface area (Å²) in [6.45, 7) is 23.1. The number of hydrogen-bond donors (Lipinski definition) is 4. The number of amides is 9. The SMILES string of the molecule is C.C.C.C.C.C.C.C.CCCN(C(=O)C(CO)c1ccccc1)C1CC1.CCCN(C(=O)C(O)c1ccccc1)C1CC1.CCCN(C(=O)Cc1ccccc1C(F)(F)F)C1CC1.CCCN(C(=O)Cc1ccccc1OC)C1CC1.CCCN(C(=O)Cc1ccccn1)C1CC1.CCCN(C(=O)Cc1cccnc1)C1CC1.CCCN(C(=O)Cc1cnc[nH]1)C1CC1.CCCN(C(=O)Nc1ccccc1)C1CC1. The number of pyridine rings is 2. The van der Waals surface area contributed by atoms with Crippen LogP contribution in [0.4, 0.5) is 23.7 Å². The van der Waals surface area contributed by atoms with Gasteiger partial charge in [-0.2, -0.15) is 13.2 Å². The number of imidazole rings is 1. The fraction of sp³-hybridized carbons (Fsp3) is 0.564. The zero-order chi connectivity index (χ0) is 97.7. The van der Waals surface area contributed by atoms with Crippen LogP contribution in [-0.4, -0.2) is 231 Å². The topological polar surface area (TPSA) is 279 Å². The van der Waals surface area contributed by atoms with Crippen LogP contribution in [0.5, 0.6) is 5.75 Å². The van der Waals surface area contributed by atoms with Crippen molar-refractivity contribution < 1.29 is 66.5 Å². The molecule has 3 aromatic heterocycles. The number of rotatable bonds is 41. The minimum absolute atomic E-state index is 0. The lowest BCUT2D eigenvalue weighted by molar-refractivity contribution is -0.141. The highest BCUT2D eigenvalue weighted by molar-refractivity contribution is 5.90. The molecule has 0 radical (unpaired) electrons. The van der Waals surface area contributed by atoms with Crippen LogP contribution in [0, 0.1) is 0 Å². The van der Waals surface area contributed by atoms with Gasteiger partial charge in [0.05, 0.1) is 63.6 Å². The average molecular weight is 2000 g/mol. The summed E-state index contributed by atoms with van der Waals surface area (Å²) in [6, 6.07) is 54.5. The van der Waals surface area contributed by atoms with Crippen molar-refractivity contribution in [1.82, 2.24) is 59.1 Å². The molecule has 2 unspecified atom stereocenters. The zero-order valence-electron chi connectivity index (χ0n) is 81.8. The van der Waals surface area contributed by atoms with Crippen molar-refractivity contribution in [1.29, 1.82) is 0 Å². The molecular weight excluding hydrogens is 1820 g/mol. The first kappa shape index (κ1) is 131. The van der Waals surface area contributed by atoms with E-state index in [9.17, 15) is 61.7 Å². The van der Waals surface area contributed by atoms with E-state index >= 15 is 0 Å². The molecule has 9 amide bonds. The summed E-state index contributed by atoms with van der Waals surface area (Å²) in [7, 11) is 1.65. The number of alkyl halides is 3. The van der Waals surface area contributed by atoms with Gasteiger partial charge in [0.2, 0.25) is 35.4 Å². The normalized spacial score (nSPS) is 14.4. The zero-order valence-corrected chi connectivity index (χ0v) is 81.8. The summed E-state index contributed by atoms with van der Waals surface area (Å²) >= 11 is 0. The van der Waals surface area contributed by atoms with Crippen molar-refractivity contribution in [3.8, 4) is 5.75 Å². The number of aromatic nitrogens is 4. The number of methoxy groups -OCH3 is 1.